The van der Waals surface area contributed by atoms with Crippen molar-refractivity contribution in [3.8, 4) is 11.5 Å². The van der Waals surface area contributed by atoms with Gasteiger partial charge in [-0.1, -0.05) is 47.3 Å². The Morgan fingerprint density at radius 2 is 1.80 bits per heavy atom. The number of halogens is 1. The highest BCUT2D eigenvalue weighted by molar-refractivity contribution is 8.00. The molecule has 1 aliphatic heterocycles. The Balaban J connectivity index is 1.32. The summed E-state index contributed by atoms with van der Waals surface area (Å²) in [7, 11) is -3.36. The van der Waals surface area contributed by atoms with E-state index >= 15 is 0 Å². The number of nitrogens with zero attached hydrogens (tertiary/aromatic N) is 3. The van der Waals surface area contributed by atoms with Gasteiger partial charge in [-0.2, -0.15) is 0 Å². The van der Waals surface area contributed by atoms with Crippen molar-refractivity contribution in [1.82, 2.24) is 10.2 Å². The molecule has 2 heterocycles. The third-order valence-corrected chi connectivity index (χ3v) is 7.67. The molecule has 1 amide bonds. The molecule has 0 saturated heterocycles. The number of nitrogens with one attached hydrogen (secondary N) is 1. The number of anilines is 3. The number of aromatic nitrogens is 2. The number of carbonyl (C=O) groups excluding carboxylic acids is 1. The van der Waals surface area contributed by atoms with Crippen molar-refractivity contribution in [3.63, 3.8) is 0 Å². The predicted octanol–water partition coefficient (Wildman–Crippen LogP) is 5.68. The van der Waals surface area contributed by atoms with Crippen LogP contribution in [0.2, 0.25) is 5.02 Å². The van der Waals surface area contributed by atoms with Crippen molar-refractivity contribution in [2.75, 3.05) is 21.6 Å². The monoisotopic (exact) mass is 544 g/mol. The van der Waals surface area contributed by atoms with Gasteiger partial charge in [0.1, 0.15) is 0 Å². The Morgan fingerprint density at radius 3 is 2.57 bits per heavy atom. The van der Waals surface area contributed by atoms with Crippen LogP contribution in [0.1, 0.15) is 0 Å². The third kappa shape index (κ3) is 5.32. The first-order chi connectivity index (χ1) is 16.8. The van der Waals surface area contributed by atoms with E-state index < -0.39 is 10.0 Å². The van der Waals surface area contributed by atoms with Gasteiger partial charge in [0.25, 0.3) is 5.22 Å². The van der Waals surface area contributed by atoms with E-state index in [4.69, 9.17) is 16.0 Å². The SMILES string of the molecule is CS(=O)(=O)Nc1ccc(-c2nnc(SCC(=O)N3c4ccccc4Sc4ccc(Cl)cc43)o2)cc1. The average Bonchev–Trinajstić information content (AvgIpc) is 3.29. The minimum absolute atomic E-state index is 0.0732. The molecule has 1 aliphatic rings. The summed E-state index contributed by atoms with van der Waals surface area (Å²) in [4.78, 5) is 16.9. The zero-order valence-electron chi connectivity index (χ0n) is 18.1. The van der Waals surface area contributed by atoms with Crippen LogP contribution in [-0.2, 0) is 14.8 Å². The molecule has 1 N–H and O–H groups in total. The van der Waals surface area contributed by atoms with Crippen LogP contribution in [-0.4, -0.2) is 36.5 Å². The van der Waals surface area contributed by atoms with Crippen molar-refractivity contribution in [1.29, 1.82) is 0 Å². The van der Waals surface area contributed by atoms with Gasteiger partial charge in [0.15, 0.2) is 0 Å². The van der Waals surface area contributed by atoms with Crippen molar-refractivity contribution >= 4 is 68.1 Å². The lowest BCUT2D eigenvalue weighted by atomic mass is 10.2. The van der Waals surface area contributed by atoms with E-state index in [0.717, 1.165) is 39.2 Å². The summed E-state index contributed by atoms with van der Waals surface area (Å²) in [5.74, 6) is 0.189. The largest absolute Gasteiger partial charge is 0.411 e. The number of thioether (sulfide) groups is 1. The Morgan fingerprint density at radius 1 is 1.06 bits per heavy atom. The van der Waals surface area contributed by atoms with Crippen LogP contribution in [0.3, 0.4) is 0 Å². The Hall–Kier alpha value is -2.99. The van der Waals surface area contributed by atoms with Crippen LogP contribution < -0.4 is 9.62 Å². The first kappa shape index (κ1) is 23.7. The molecule has 0 radical (unpaired) electrons. The smallest absolute Gasteiger partial charge is 0.277 e. The second kappa shape index (κ2) is 9.57. The predicted molar refractivity (Wildman–Crippen MR) is 138 cm³/mol. The zero-order valence-corrected chi connectivity index (χ0v) is 21.3. The van der Waals surface area contributed by atoms with Crippen molar-refractivity contribution in [2.24, 2.45) is 0 Å². The standard InChI is InChI=1S/C23H17ClN4O4S3/c1-35(30,31)27-16-9-6-14(7-10-16)22-25-26-23(32-22)33-13-21(29)28-17-4-2-3-5-19(17)34-20-11-8-15(24)12-18(20)28/h2-12,27H,13H2,1H3. The summed E-state index contributed by atoms with van der Waals surface area (Å²) in [6, 6.07) is 19.8. The fourth-order valence-corrected chi connectivity index (χ4v) is 5.85. The minimum Gasteiger partial charge on any atom is -0.411 e. The van der Waals surface area contributed by atoms with Crippen LogP contribution in [0.4, 0.5) is 17.1 Å². The molecule has 0 aliphatic carbocycles. The average molecular weight is 545 g/mol. The van der Waals surface area contributed by atoms with Gasteiger partial charge in [-0.3, -0.25) is 14.4 Å². The maximum Gasteiger partial charge on any atom is 0.277 e. The highest BCUT2D eigenvalue weighted by Gasteiger charge is 2.28. The molecule has 1 aromatic heterocycles. The molecule has 0 bridgehead atoms. The van der Waals surface area contributed by atoms with Gasteiger partial charge in [-0.15, -0.1) is 10.2 Å². The molecule has 4 aromatic rings. The van der Waals surface area contributed by atoms with Crippen molar-refractivity contribution < 1.29 is 17.6 Å². The fraction of sp³-hybridized carbons (Fsp3) is 0.0870. The van der Waals surface area contributed by atoms with Crippen molar-refractivity contribution in [2.45, 2.75) is 15.0 Å². The number of hydrogen-bond donors (Lipinski definition) is 1. The number of hydrogen-bond acceptors (Lipinski definition) is 8. The van der Waals surface area contributed by atoms with Crippen molar-refractivity contribution in [3.05, 3.63) is 71.8 Å². The number of amides is 1. The van der Waals surface area contributed by atoms with Crippen LogP contribution in [0, 0.1) is 0 Å². The summed E-state index contributed by atoms with van der Waals surface area (Å²) in [5.41, 5.74) is 2.59. The van der Waals surface area contributed by atoms with E-state index in [1.807, 2.05) is 36.4 Å². The molecule has 12 heteroatoms. The molecular formula is C23H17ClN4O4S3. The van der Waals surface area contributed by atoms with E-state index in [0.29, 0.717) is 16.3 Å². The maximum absolute atomic E-state index is 13.3. The number of sulfonamides is 1. The number of benzene rings is 3. The van der Waals surface area contributed by atoms with E-state index in [-0.39, 0.29) is 22.8 Å². The van der Waals surface area contributed by atoms with Gasteiger partial charge in [0.2, 0.25) is 21.8 Å². The second-order valence-electron chi connectivity index (χ2n) is 7.52. The van der Waals surface area contributed by atoms with Crippen LogP contribution in [0.25, 0.3) is 11.5 Å². The summed E-state index contributed by atoms with van der Waals surface area (Å²) < 4.78 is 30.8. The molecule has 0 atom stereocenters. The van der Waals surface area contributed by atoms with Gasteiger partial charge in [0, 0.05) is 26.1 Å². The molecule has 0 saturated carbocycles. The maximum atomic E-state index is 13.3. The Labute approximate surface area is 215 Å². The molecule has 8 nitrogen and oxygen atoms in total. The number of para-hydroxylation sites is 1. The number of carbonyl (C=O) groups is 1. The first-order valence-electron chi connectivity index (χ1n) is 10.2. The summed E-state index contributed by atoms with van der Waals surface area (Å²) >= 11 is 8.96. The van der Waals surface area contributed by atoms with Gasteiger partial charge in [-0.05, 0) is 54.6 Å². The van der Waals surface area contributed by atoms with Gasteiger partial charge in [0.05, 0.1) is 23.4 Å². The molecule has 0 unspecified atom stereocenters. The summed E-state index contributed by atoms with van der Waals surface area (Å²) in [6.45, 7) is 0. The summed E-state index contributed by atoms with van der Waals surface area (Å²) in [5, 5.41) is 8.87. The molecule has 35 heavy (non-hydrogen) atoms. The van der Waals surface area contributed by atoms with E-state index in [2.05, 4.69) is 14.9 Å². The molecular weight excluding hydrogens is 528 g/mol. The molecule has 5 rings (SSSR count). The van der Waals surface area contributed by atoms with E-state index in [1.165, 1.54) is 0 Å². The first-order valence-corrected chi connectivity index (χ1v) is 14.3. The minimum atomic E-state index is -3.36. The fourth-order valence-electron chi connectivity index (χ4n) is 3.46. The lowest BCUT2D eigenvalue weighted by Crippen LogP contribution is -2.30. The Kier molecular flexibility index (Phi) is 6.49. The van der Waals surface area contributed by atoms with Gasteiger partial charge < -0.3 is 4.42 Å². The number of rotatable bonds is 6. The molecule has 178 valence electrons. The highest BCUT2D eigenvalue weighted by atomic mass is 35.5. The Bertz CT molecular complexity index is 1520. The quantitative estimate of drug-likeness (QED) is 0.309. The molecule has 0 fully saturated rings. The zero-order chi connectivity index (χ0) is 24.6. The lowest BCUT2D eigenvalue weighted by Gasteiger charge is -2.31. The molecule has 3 aromatic carbocycles. The van der Waals surface area contributed by atoms with Gasteiger partial charge in [-0.25, -0.2) is 8.42 Å². The second-order valence-corrected chi connectivity index (χ2v) is 11.7. The highest BCUT2D eigenvalue weighted by Crippen LogP contribution is 2.49. The lowest BCUT2D eigenvalue weighted by molar-refractivity contribution is -0.115. The van der Waals surface area contributed by atoms with Crippen LogP contribution in [0.5, 0.6) is 0 Å². The van der Waals surface area contributed by atoms with Crippen LogP contribution >= 0.6 is 35.1 Å². The summed E-state index contributed by atoms with van der Waals surface area (Å²) in [6.07, 6.45) is 1.08. The van der Waals surface area contributed by atoms with E-state index in [1.54, 1.807) is 47.0 Å². The topological polar surface area (TPSA) is 105 Å². The van der Waals surface area contributed by atoms with E-state index in [9.17, 15) is 13.2 Å². The van der Waals surface area contributed by atoms with Crippen LogP contribution in [0.15, 0.2) is 86.2 Å². The molecule has 0 spiro atoms. The number of fused-ring (bicyclic) bond motifs is 2. The third-order valence-electron chi connectivity index (χ3n) is 4.90. The normalized spacial score (nSPS) is 12.7. The van der Waals surface area contributed by atoms with Gasteiger partial charge >= 0.3 is 0 Å².